The van der Waals surface area contributed by atoms with Gasteiger partial charge in [-0.25, -0.2) is 4.98 Å². The fourth-order valence-electron chi connectivity index (χ4n) is 2.62. The van der Waals surface area contributed by atoms with E-state index in [-0.39, 0.29) is 5.91 Å². The highest BCUT2D eigenvalue weighted by Crippen LogP contribution is 2.16. The van der Waals surface area contributed by atoms with E-state index in [4.69, 9.17) is 11.6 Å². The second kappa shape index (κ2) is 7.60. The molecule has 0 bridgehead atoms. The maximum Gasteiger partial charge on any atom is 0.251 e. The first-order chi connectivity index (χ1) is 9.66. The molecule has 0 saturated carbocycles. The number of aromatic nitrogens is 1. The molecule has 0 spiro atoms. The molecule has 1 aliphatic rings. The molecule has 1 fully saturated rings. The summed E-state index contributed by atoms with van der Waals surface area (Å²) in [6.07, 6.45) is 6.47. The van der Waals surface area contributed by atoms with Crippen molar-refractivity contribution in [3.63, 3.8) is 0 Å². The van der Waals surface area contributed by atoms with Gasteiger partial charge in [0.1, 0.15) is 5.15 Å². The van der Waals surface area contributed by atoms with Crippen molar-refractivity contribution in [2.75, 3.05) is 19.6 Å². The summed E-state index contributed by atoms with van der Waals surface area (Å²) in [5, 5.41) is 3.28. The Morgan fingerprint density at radius 1 is 1.55 bits per heavy atom. The van der Waals surface area contributed by atoms with Crippen LogP contribution in [0, 0.1) is 0 Å². The number of nitrogens with one attached hydrogen (secondary N) is 1. The first-order valence-electron chi connectivity index (χ1n) is 7.30. The van der Waals surface area contributed by atoms with Crippen LogP contribution >= 0.6 is 11.6 Å². The second-order valence-electron chi connectivity index (χ2n) is 5.36. The Hall–Kier alpha value is -1.13. The molecule has 5 heteroatoms. The average Bonchev–Trinajstić information content (AvgIpc) is 2.45. The van der Waals surface area contributed by atoms with Gasteiger partial charge in [-0.2, -0.15) is 0 Å². The standard InChI is InChI=1S/C15H22ClN3O/c1-12-5-2-3-9-19(12)10-4-7-18-15(20)13-6-8-17-14(16)11-13/h6,8,11-12H,2-5,7,9-10H2,1H3,(H,18,20). The number of hydrogen-bond acceptors (Lipinski definition) is 3. The highest BCUT2D eigenvalue weighted by molar-refractivity contribution is 6.29. The third-order valence-electron chi connectivity index (χ3n) is 3.84. The topological polar surface area (TPSA) is 45.2 Å². The molecule has 1 saturated heterocycles. The number of amides is 1. The molecule has 110 valence electrons. The lowest BCUT2D eigenvalue weighted by molar-refractivity contribution is 0.0949. The smallest absolute Gasteiger partial charge is 0.251 e. The van der Waals surface area contributed by atoms with Crippen LogP contribution in [0.25, 0.3) is 0 Å². The van der Waals surface area contributed by atoms with E-state index in [2.05, 4.69) is 22.1 Å². The van der Waals surface area contributed by atoms with Crippen LogP contribution in [-0.2, 0) is 0 Å². The largest absolute Gasteiger partial charge is 0.352 e. The molecule has 1 aromatic rings. The lowest BCUT2D eigenvalue weighted by Gasteiger charge is -2.33. The van der Waals surface area contributed by atoms with E-state index < -0.39 is 0 Å². The third-order valence-corrected chi connectivity index (χ3v) is 4.04. The van der Waals surface area contributed by atoms with Crippen LogP contribution in [-0.4, -0.2) is 41.5 Å². The van der Waals surface area contributed by atoms with Gasteiger partial charge >= 0.3 is 0 Å². The predicted molar refractivity (Wildman–Crippen MR) is 81.1 cm³/mol. The molecule has 0 radical (unpaired) electrons. The molecule has 4 nitrogen and oxygen atoms in total. The van der Waals surface area contributed by atoms with Crippen molar-refractivity contribution in [3.8, 4) is 0 Å². The van der Waals surface area contributed by atoms with Gasteiger partial charge in [0, 0.05) is 30.9 Å². The van der Waals surface area contributed by atoms with E-state index in [1.54, 1.807) is 18.3 Å². The van der Waals surface area contributed by atoms with Crippen molar-refractivity contribution in [2.24, 2.45) is 0 Å². The molecule has 0 aromatic carbocycles. The Balaban J connectivity index is 1.69. The van der Waals surface area contributed by atoms with Crippen LogP contribution in [0.2, 0.25) is 5.15 Å². The summed E-state index contributed by atoms with van der Waals surface area (Å²) in [6, 6.07) is 3.94. The molecule has 1 aromatic heterocycles. The number of hydrogen-bond donors (Lipinski definition) is 1. The number of piperidine rings is 1. The molecule has 20 heavy (non-hydrogen) atoms. The van der Waals surface area contributed by atoms with Crippen molar-refractivity contribution in [1.29, 1.82) is 0 Å². The second-order valence-corrected chi connectivity index (χ2v) is 5.74. The third kappa shape index (κ3) is 4.46. The summed E-state index contributed by atoms with van der Waals surface area (Å²) in [6.45, 7) is 5.23. The Bertz CT molecular complexity index is 452. The molecule has 1 atom stereocenters. The van der Waals surface area contributed by atoms with Gasteiger partial charge < -0.3 is 10.2 Å². The number of carbonyl (C=O) groups excluding carboxylic acids is 1. The van der Waals surface area contributed by atoms with E-state index in [0.29, 0.717) is 23.3 Å². The molecule has 0 aliphatic carbocycles. The fraction of sp³-hybridized carbons (Fsp3) is 0.600. The lowest BCUT2D eigenvalue weighted by atomic mass is 10.0. The van der Waals surface area contributed by atoms with Gasteiger partial charge in [0.2, 0.25) is 0 Å². The van der Waals surface area contributed by atoms with E-state index in [0.717, 1.165) is 13.0 Å². The highest BCUT2D eigenvalue weighted by atomic mass is 35.5. The van der Waals surface area contributed by atoms with Crippen LogP contribution in [0.1, 0.15) is 43.0 Å². The zero-order valence-corrected chi connectivity index (χ0v) is 12.7. The summed E-state index contributed by atoms with van der Waals surface area (Å²) in [7, 11) is 0. The fourth-order valence-corrected chi connectivity index (χ4v) is 2.79. The summed E-state index contributed by atoms with van der Waals surface area (Å²) in [4.78, 5) is 18.3. The van der Waals surface area contributed by atoms with Crippen LogP contribution in [0.5, 0.6) is 0 Å². The normalized spacial score (nSPS) is 19.8. The van der Waals surface area contributed by atoms with Crippen LogP contribution < -0.4 is 5.32 Å². The maximum atomic E-state index is 11.9. The molecular formula is C15H22ClN3O. The van der Waals surface area contributed by atoms with Crippen molar-refractivity contribution in [1.82, 2.24) is 15.2 Å². The number of rotatable bonds is 5. The number of halogens is 1. The number of carbonyl (C=O) groups is 1. The van der Waals surface area contributed by atoms with Crippen molar-refractivity contribution in [2.45, 2.75) is 38.6 Å². The number of nitrogens with zero attached hydrogens (tertiary/aromatic N) is 2. The predicted octanol–water partition coefficient (Wildman–Crippen LogP) is 2.73. The minimum atomic E-state index is -0.0824. The first-order valence-corrected chi connectivity index (χ1v) is 7.68. The van der Waals surface area contributed by atoms with Gasteiger partial charge in [0.15, 0.2) is 0 Å². The monoisotopic (exact) mass is 295 g/mol. The maximum absolute atomic E-state index is 11.9. The summed E-state index contributed by atoms with van der Waals surface area (Å²) >= 11 is 5.77. The van der Waals surface area contributed by atoms with Crippen LogP contribution in [0.15, 0.2) is 18.3 Å². The van der Waals surface area contributed by atoms with Gasteiger partial charge in [-0.05, 0) is 44.9 Å². The SMILES string of the molecule is CC1CCCCN1CCCNC(=O)c1ccnc(Cl)c1. The Morgan fingerprint density at radius 3 is 3.15 bits per heavy atom. The van der Waals surface area contributed by atoms with Crippen molar-refractivity contribution >= 4 is 17.5 Å². The first kappa shape index (κ1) is 15.3. The van der Waals surface area contributed by atoms with E-state index in [9.17, 15) is 4.79 Å². The number of pyridine rings is 1. The van der Waals surface area contributed by atoms with Crippen LogP contribution in [0.4, 0.5) is 0 Å². The molecule has 2 rings (SSSR count). The van der Waals surface area contributed by atoms with Crippen molar-refractivity contribution < 1.29 is 4.79 Å². The van der Waals surface area contributed by atoms with Gasteiger partial charge in [-0.3, -0.25) is 4.79 Å². The zero-order chi connectivity index (χ0) is 14.4. The minimum Gasteiger partial charge on any atom is -0.352 e. The molecule has 1 N–H and O–H groups in total. The zero-order valence-electron chi connectivity index (χ0n) is 11.9. The molecule has 2 heterocycles. The lowest BCUT2D eigenvalue weighted by Crippen LogP contribution is -2.39. The molecular weight excluding hydrogens is 274 g/mol. The van der Waals surface area contributed by atoms with Crippen LogP contribution in [0.3, 0.4) is 0 Å². The van der Waals surface area contributed by atoms with Gasteiger partial charge in [-0.1, -0.05) is 18.0 Å². The summed E-state index contributed by atoms with van der Waals surface area (Å²) in [5.74, 6) is -0.0824. The Kier molecular flexibility index (Phi) is 5.80. The quantitative estimate of drug-likeness (QED) is 0.671. The average molecular weight is 296 g/mol. The van der Waals surface area contributed by atoms with Crippen molar-refractivity contribution in [3.05, 3.63) is 29.0 Å². The van der Waals surface area contributed by atoms with E-state index in [1.807, 2.05) is 0 Å². The van der Waals surface area contributed by atoms with Gasteiger partial charge in [0.25, 0.3) is 5.91 Å². The molecule has 1 amide bonds. The van der Waals surface area contributed by atoms with Gasteiger partial charge in [0.05, 0.1) is 0 Å². The molecule has 1 unspecified atom stereocenters. The Morgan fingerprint density at radius 2 is 2.40 bits per heavy atom. The highest BCUT2D eigenvalue weighted by Gasteiger charge is 2.17. The summed E-state index contributed by atoms with van der Waals surface area (Å²) < 4.78 is 0. The molecule has 1 aliphatic heterocycles. The number of likely N-dealkylation sites (tertiary alicyclic amines) is 1. The van der Waals surface area contributed by atoms with Gasteiger partial charge in [-0.15, -0.1) is 0 Å². The van der Waals surface area contributed by atoms with E-state index in [1.165, 1.54) is 25.8 Å². The minimum absolute atomic E-state index is 0.0824. The Labute approximate surface area is 125 Å². The summed E-state index contributed by atoms with van der Waals surface area (Å²) in [5.41, 5.74) is 0.566. The van der Waals surface area contributed by atoms with E-state index >= 15 is 0 Å².